The number of likely N-dealkylation sites (N-methyl/N-ethyl adjacent to an activating group) is 1. The van der Waals surface area contributed by atoms with E-state index in [1.165, 1.54) is 25.8 Å². The number of urea groups is 1. The van der Waals surface area contributed by atoms with Crippen LogP contribution < -0.4 is 5.32 Å². The number of aliphatic carboxylic acids is 1. The Morgan fingerprint density at radius 1 is 1.40 bits per heavy atom. The molecule has 1 rings (SSSR count). The van der Waals surface area contributed by atoms with Crippen molar-refractivity contribution in [3.05, 3.63) is 17.0 Å². The van der Waals surface area contributed by atoms with E-state index in [1.807, 2.05) is 20.9 Å². The zero-order valence-electron chi connectivity index (χ0n) is 12.8. The second-order valence-corrected chi connectivity index (χ2v) is 5.35. The minimum absolute atomic E-state index is 0.324. The highest BCUT2D eigenvalue weighted by molar-refractivity contribution is 5.85. The molecule has 0 aliphatic carbocycles. The summed E-state index contributed by atoms with van der Waals surface area (Å²) in [7, 11) is 3.31. The second-order valence-electron chi connectivity index (χ2n) is 5.35. The van der Waals surface area contributed by atoms with E-state index in [0.717, 1.165) is 17.0 Å². The number of nitrogens with one attached hydrogen (secondary N) is 1. The van der Waals surface area contributed by atoms with Crippen LogP contribution in [0.2, 0.25) is 0 Å². The molecule has 1 heterocycles. The van der Waals surface area contributed by atoms with Crippen LogP contribution in [-0.4, -0.2) is 44.4 Å². The van der Waals surface area contributed by atoms with E-state index in [-0.39, 0.29) is 0 Å². The third-order valence-corrected chi connectivity index (χ3v) is 3.74. The van der Waals surface area contributed by atoms with Crippen molar-refractivity contribution in [2.45, 2.75) is 39.8 Å². The van der Waals surface area contributed by atoms with E-state index in [9.17, 15) is 9.59 Å². The quantitative estimate of drug-likeness (QED) is 0.863. The SMILES string of the molecule is Cc1nn(C)c(C)c1CNC(=O)N(C)C(C)(C)C(=O)O. The van der Waals surface area contributed by atoms with Crippen LogP contribution in [0.3, 0.4) is 0 Å². The topological polar surface area (TPSA) is 87.5 Å². The molecule has 0 unspecified atom stereocenters. The van der Waals surface area contributed by atoms with E-state index in [0.29, 0.717) is 6.54 Å². The van der Waals surface area contributed by atoms with E-state index >= 15 is 0 Å². The summed E-state index contributed by atoms with van der Waals surface area (Å²) in [5.41, 5.74) is 1.51. The van der Waals surface area contributed by atoms with Crippen molar-refractivity contribution in [2.24, 2.45) is 7.05 Å². The van der Waals surface area contributed by atoms with E-state index in [1.54, 1.807) is 4.68 Å². The van der Waals surface area contributed by atoms with Gasteiger partial charge in [-0.1, -0.05) is 0 Å². The van der Waals surface area contributed by atoms with Gasteiger partial charge < -0.3 is 15.3 Å². The standard InChI is InChI=1S/C13H22N4O3/c1-8-10(9(2)17(6)15-8)7-14-12(20)16(5)13(3,4)11(18)19/h7H2,1-6H3,(H,14,20)(H,18,19). The van der Waals surface area contributed by atoms with Crippen LogP contribution in [0.25, 0.3) is 0 Å². The number of aryl methyl sites for hydroxylation is 2. The summed E-state index contributed by atoms with van der Waals surface area (Å²) in [6.45, 7) is 7.08. The summed E-state index contributed by atoms with van der Waals surface area (Å²) >= 11 is 0. The van der Waals surface area contributed by atoms with Crippen LogP contribution in [0.15, 0.2) is 0 Å². The second kappa shape index (κ2) is 5.52. The van der Waals surface area contributed by atoms with Crippen LogP contribution in [0, 0.1) is 13.8 Å². The predicted octanol–water partition coefficient (Wildman–Crippen LogP) is 1.04. The molecule has 0 aliphatic heterocycles. The lowest BCUT2D eigenvalue weighted by Gasteiger charge is -2.31. The highest BCUT2D eigenvalue weighted by Gasteiger charge is 2.35. The van der Waals surface area contributed by atoms with Crippen molar-refractivity contribution >= 4 is 12.0 Å². The molecule has 0 saturated carbocycles. The van der Waals surface area contributed by atoms with Gasteiger partial charge in [-0.15, -0.1) is 0 Å². The van der Waals surface area contributed by atoms with Gasteiger partial charge in [0.25, 0.3) is 0 Å². The summed E-state index contributed by atoms with van der Waals surface area (Å²) in [5.74, 6) is -1.05. The first-order valence-corrected chi connectivity index (χ1v) is 6.33. The predicted molar refractivity (Wildman–Crippen MR) is 74.4 cm³/mol. The average molecular weight is 282 g/mol. The number of amides is 2. The highest BCUT2D eigenvalue weighted by atomic mass is 16.4. The Hall–Kier alpha value is -2.05. The first-order chi connectivity index (χ1) is 9.09. The fourth-order valence-electron chi connectivity index (χ4n) is 1.75. The Balaban J connectivity index is 2.75. The lowest BCUT2D eigenvalue weighted by molar-refractivity contribution is -0.146. The Labute approximate surface area is 118 Å². The number of carboxylic acids is 1. The molecule has 0 radical (unpaired) electrons. The summed E-state index contributed by atoms with van der Waals surface area (Å²) in [6.07, 6.45) is 0. The number of carbonyl (C=O) groups is 2. The van der Waals surface area contributed by atoms with Gasteiger partial charge in [0.15, 0.2) is 0 Å². The molecule has 0 aliphatic rings. The number of carbonyl (C=O) groups excluding carboxylic acids is 1. The first kappa shape index (κ1) is 16.0. The molecule has 0 fully saturated rings. The maximum atomic E-state index is 12.0. The summed E-state index contributed by atoms with van der Waals surface area (Å²) in [5, 5.41) is 16.1. The minimum Gasteiger partial charge on any atom is -0.480 e. The number of aromatic nitrogens is 2. The van der Waals surface area contributed by atoms with Gasteiger partial charge in [-0.25, -0.2) is 9.59 Å². The van der Waals surface area contributed by atoms with Gasteiger partial charge in [-0.2, -0.15) is 5.10 Å². The lowest BCUT2D eigenvalue weighted by Crippen LogP contribution is -2.53. The van der Waals surface area contributed by atoms with Crippen molar-refractivity contribution in [1.82, 2.24) is 20.0 Å². The van der Waals surface area contributed by atoms with E-state index in [4.69, 9.17) is 5.11 Å². The molecule has 1 aromatic rings. The molecular weight excluding hydrogens is 260 g/mol. The van der Waals surface area contributed by atoms with Crippen molar-refractivity contribution in [3.8, 4) is 0 Å². The lowest BCUT2D eigenvalue weighted by atomic mass is 10.1. The van der Waals surface area contributed by atoms with E-state index in [2.05, 4.69) is 10.4 Å². The Kier molecular flexibility index (Phi) is 4.42. The van der Waals surface area contributed by atoms with E-state index < -0.39 is 17.5 Å². The van der Waals surface area contributed by atoms with Crippen LogP contribution in [0.1, 0.15) is 30.8 Å². The molecule has 7 heteroatoms. The number of hydrogen-bond donors (Lipinski definition) is 2. The van der Waals surface area contributed by atoms with Crippen LogP contribution in [0.5, 0.6) is 0 Å². The molecule has 0 aromatic carbocycles. The summed E-state index contributed by atoms with van der Waals surface area (Å²) in [6, 6.07) is -0.431. The zero-order valence-corrected chi connectivity index (χ0v) is 12.8. The highest BCUT2D eigenvalue weighted by Crippen LogP contribution is 2.14. The van der Waals surface area contributed by atoms with Crippen molar-refractivity contribution < 1.29 is 14.7 Å². The third-order valence-electron chi connectivity index (χ3n) is 3.74. The van der Waals surface area contributed by atoms with Crippen LogP contribution in [0.4, 0.5) is 4.79 Å². The largest absolute Gasteiger partial charge is 0.480 e. The van der Waals surface area contributed by atoms with Crippen LogP contribution in [-0.2, 0) is 18.4 Å². The van der Waals surface area contributed by atoms with Gasteiger partial charge in [-0.3, -0.25) is 4.68 Å². The average Bonchev–Trinajstić information content (AvgIpc) is 2.59. The monoisotopic (exact) mass is 282 g/mol. The van der Waals surface area contributed by atoms with Gasteiger partial charge >= 0.3 is 12.0 Å². The number of nitrogens with zero attached hydrogens (tertiary/aromatic N) is 3. The van der Waals surface area contributed by atoms with Gasteiger partial charge in [-0.05, 0) is 27.7 Å². The van der Waals surface area contributed by atoms with Crippen molar-refractivity contribution in [1.29, 1.82) is 0 Å². The number of rotatable bonds is 4. The fraction of sp³-hybridized carbons (Fsp3) is 0.615. The molecule has 0 atom stereocenters. The molecule has 112 valence electrons. The van der Waals surface area contributed by atoms with Crippen LogP contribution >= 0.6 is 0 Å². The first-order valence-electron chi connectivity index (χ1n) is 6.33. The molecule has 20 heavy (non-hydrogen) atoms. The van der Waals surface area contributed by atoms with Crippen molar-refractivity contribution in [3.63, 3.8) is 0 Å². The number of hydrogen-bond acceptors (Lipinski definition) is 3. The molecule has 7 nitrogen and oxygen atoms in total. The maximum absolute atomic E-state index is 12.0. The smallest absolute Gasteiger partial charge is 0.329 e. The molecule has 2 N–H and O–H groups in total. The molecule has 2 amide bonds. The minimum atomic E-state index is -1.26. The molecule has 0 spiro atoms. The van der Waals surface area contributed by atoms with Gasteiger partial charge in [0.2, 0.25) is 0 Å². The molecule has 1 aromatic heterocycles. The van der Waals surface area contributed by atoms with Crippen molar-refractivity contribution in [2.75, 3.05) is 7.05 Å². The maximum Gasteiger partial charge on any atom is 0.329 e. The molecular formula is C13H22N4O3. The normalized spacial score (nSPS) is 11.3. The van der Waals surface area contributed by atoms with Gasteiger partial charge in [0, 0.05) is 31.9 Å². The Morgan fingerprint density at radius 3 is 2.35 bits per heavy atom. The number of carboxylic acid groups (broad SMARTS) is 1. The molecule has 0 saturated heterocycles. The fourth-order valence-corrected chi connectivity index (χ4v) is 1.75. The zero-order chi connectivity index (χ0) is 15.7. The summed E-state index contributed by atoms with van der Waals surface area (Å²) < 4.78 is 1.75. The van der Waals surface area contributed by atoms with Gasteiger partial charge in [0.05, 0.1) is 5.69 Å². The molecule has 0 bridgehead atoms. The Morgan fingerprint density at radius 2 is 1.95 bits per heavy atom. The summed E-state index contributed by atoms with van der Waals surface area (Å²) in [4.78, 5) is 24.3. The Bertz CT molecular complexity index is 534. The van der Waals surface area contributed by atoms with Gasteiger partial charge in [0.1, 0.15) is 5.54 Å². The third kappa shape index (κ3) is 2.92.